The lowest BCUT2D eigenvalue weighted by Crippen LogP contribution is -2.44. The first-order chi connectivity index (χ1) is 11.4. The number of rotatable bonds is 4. The number of carbonyl (C=O) groups excluding carboxylic acids is 1. The number of nitriles is 1. The Hall–Kier alpha value is -2.27. The molecule has 1 aliphatic heterocycles. The summed E-state index contributed by atoms with van der Waals surface area (Å²) in [5.41, 5.74) is 4.91. The molecule has 1 fully saturated rings. The lowest BCUT2D eigenvalue weighted by atomic mass is 9.95. The minimum absolute atomic E-state index is 0.0344. The molecule has 1 aromatic carbocycles. The summed E-state index contributed by atoms with van der Waals surface area (Å²) in [5.74, 6) is -0.380. The molecule has 1 saturated heterocycles. The molecular weight excluding hydrogens is 321 g/mol. The summed E-state index contributed by atoms with van der Waals surface area (Å²) in [4.78, 5) is 13.9. The van der Waals surface area contributed by atoms with E-state index < -0.39 is 11.7 Å². The van der Waals surface area contributed by atoms with Crippen molar-refractivity contribution in [2.45, 2.75) is 19.0 Å². The minimum atomic E-state index is -4.49. The van der Waals surface area contributed by atoms with Gasteiger partial charge in [-0.15, -0.1) is 0 Å². The number of hydrogen-bond acceptors (Lipinski definition) is 4. The molecule has 1 atom stereocenters. The fourth-order valence-electron chi connectivity index (χ4n) is 2.83. The second-order valence-corrected chi connectivity index (χ2v) is 5.71. The largest absolute Gasteiger partial charge is 0.416 e. The summed E-state index contributed by atoms with van der Waals surface area (Å²) in [5, 5.41) is 11.9. The molecule has 1 aliphatic rings. The predicted molar refractivity (Wildman–Crippen MR) is 83.2 cm³/mol. The number of piperidine rings is 1. The quantitative estimate of drug-likeness (QED) is 0.877. The lowest BCUT2D eigenvalue weighted by molar-refractivity contribution is -0.137. The molecule has 0 saturated carbocycles. The predicted octanol–water partition coefficient (Wildman–Crippen LogP) is 1.87. The molecule has 0 bridgehead atoms. The molecule has 0 aliphatic carbocycles. The maximum Gasteiger partial charge on any atom is 0.416 e. The first-order valence-corrected chi connectivity index (χ1v) is 7.71. The van der Waals surface area contributed by atoms with E-state index in [0.29, 0.717) is 38.3 Å². The third-order valence-electron chi connectivity index (χ3n) is 4.02. The van der Waals surface area contributed by atoms with Gasteiger partial charge in [0, 0.05) is 26.2 Å². The Morgan fingerprint density at radius 1 is 1.46 bits per heavy atom. The van der Waals surface area contributed by atoms with Crippen molar-refractivity contribution in [1.29, 1.82) is 5.26 Å². The minimum Gasteiger partial charge on any atom is -0.370 e. The van der Waals surface area contributed by atoms with Crippen molar-refractivity contribution in [2.75, 3.05) is 31.1 Å². The van der Waals surface area contributed by atoms with Gasteiger partial charge in [0.25, 0.3) is 0 Å². The van der Waals surface area contributed by atoms with Crippen LogP contribution in [0, 0.1) is 17.2 Å². The molecule has 8 heteroatoms. The molecule has 2 rings (SSSR count). The van der Waals surface area contributed by atoms with Gasteiger partial charge in [-0.3, -0.25) is 4.79 Å². The van der Waals surface area contributed by atoms with Gasteiger partial charge < -0.3 is 16.0 Å². The summed E-state index contributed by atoms with van der Waals surface area (Å²) < 4.78 is 38.3. The Kier molecular flexibility index (Phi) is 5.67. The highest BCUT2D eigenvalue weighted by atomic mass is 19.4. The maximum absolute atomic E-state index is 12.8. The van der Waals surface area contributed by atoms with Gasteiger partial charge in [-0.25, -0.2) is 0 Å². The number of nitrogens with zero attached hydrogens (tertiary/aromatic N) is 2. The van der Waals surface area contributed by atoms with Crippen molar-refractivity contribution in [1.82, 2.24) is 5.32 Å². The van der Waals surface area contributed by atoms with Gasteiger partial charge in [-0.05, 0) is 31.0 Å². The number of benzene rings is 1. The van der Waals surface area contributed by atoms with E-state index in [1.165, 1.54) is 6.07 Å². The van der Waals surface area contributed by atoms with Crippen molar-refractivity contribution < 1.29 is 18.0 Å². The third kappa shape index (κ3) is 4.17. The van der Waals surface area contributed by atoms with E-state index in [-0.39, 0.29) is 17.4 Å². The molecule has 1 amide bonds. The highest BCUT2D eigenvalue weighted by Gasteiger charge is 2.32. The zero-order valence-corrected chi connectivity index (χ0v) is 13.1. The number of halogens is 3. The standard InChI is InChI=1S/C16H19F3N4O/c17-16(18,19)13-3-4-14(12(8-13)9-21)23-7-1-2-11(10-23)15(24)22-6-5-20/h3-4,8,11H,1-2,5-7,10,20H2,(H,22,24). The molecule has 5 nitrogen and oxygen atoms in total. The van der Waals surface area contributed by atoms with Gasteiger partial charge in [0.1, 0.15) is 6.07 Å². The van der Waals surface area contributed by atoms with E-state index in [1.54, 1.807) is 4.90 Å². The van der Waals surface area contributed by atoms with E-state index in [1.807, 2.05) is 6.07 Å². The zero-order valence-electron chi connectivity index (χ0n) is 13.1. The van der Waals surface area contributed by atoms with Crippen LogP contribution in [0.25, 0.3) is 0 Å². The summed E-state index contributed by atoms with van der Waals surface area (Å²) in [7, 11) is 0. The molecule has 0 aromatic heterocycles. The Labute approximate surface area is 138 Å². The SMILES string of the molecule is N#Cc1cc(C(F)(F)F)ccc1N1CCCC(C(=O)NCCN)C1. The normalized spacial score (nSPS) is 18.1. The lowest BCUT2D eigenvalue weighted by Gasteiger charge is -2.34. The van der Waals surface area contributed by atoms with Crippen LogP contribution in [-0.2, 0) is 11.0 Å². The maximum atomic E-state index is 12.8. The molecule has 0 spiro atoms. The molecule has 1 heterocycles. The van der Waals surface area contributed by atoms with Crippen LogP contribution in [0.5, 0.6) is 0 Å². The van der Waals surface area contributed by atoms with E-state index in [0.717, 1.165) is 18.6 Å². The van der Waals surface area contributed by atoms with Gasteiger partial charge in [0.2, 0.25) is 5.91 Å². The van der Waals surface area contributed by atoms with Crippen molar-refractivity contribution >= 4 is 11.6 Å². The average molecular weight is 340 g/mol. The molecule has 3 N–H and O–H groups in total. The number of nitrogens with two attached hydrogens (primary N) is 1. The fraction of sp³-hybridized carbons (Fsp3) is 0.500. The zero-order chi connectivity index (χ0) is 17.7. The summed E-state index contributed by atoms with van der Waals surface area (Å²) in [6.07, 6.45) is -3.06. The highest BCUT2D eigenvalue weighted by molar-refractivity contribution is 5.79. The number of alkyl halides is 3. The topological polar surface area (TPSA) is 82.2 Å². The fourth-order valence-corrected chi connectivity index (χ4v) is 2.83. The molecule has 1 unspecified atom stereocenters. The highest BCUT2D eigenvalue weighted by Crippen LogP contribution is 2.34. The van der Waals surface area contributed by atoms with Crippen LogP contribution < -0.4 is 16.0 Å². The number of nitrogens with one attached hydrogen (secondary N) is 1. The molecular formula is C16H19F3N4O. The van der Waals surface area contributed by atoms with Gasteiger partial charge in [-0.1, -0.05) is 0 Å². The summed E-state index contributed by atoms with van der Waals surface area (Å²) in [6, 6.07) is 4.95. The number of carbonyl (C=O) groups is 1. The van der Waals surface area contributed by atoms with Gasteiger partial charge in [-0.2, -0.15) is 18.4 Å². The van der Waals surface area contributed by atoms with E-state index in [2.05, 4.69) is 5.32 Å². The number of anilines is 1. The second-order valence-electron chi connectivity index (χ2n) is 5.71. The van der Waals surface area contributed by atoms with E-state index in [9.17, 15) is 23.2 Å². The second kappa shape index (κ2) is 7.53. The Bertz CT molecular complexity index is 639. The number of amides is 1. The summed E-state index contributed by atoms with van der Waals surface area (Å²) in [6.45, 7) is 1.70. The monoisotopic (exact) mass is 340 g/mol. The Balaban J connectivity index is 2.19. The molecule has 24 heavy (non-hydrogen) atoms. The first-order valence-electron chi connectivity index (χ1n) is 7.71. The van der Waals surface area contributed by atoms with Crippen LogP contribution in [0.2, 0.25) is 0 Å². The summed E-state index contributed by atoms with van der Waals surface area (Å²) >= 11 is 0. The van der Waals surface area contributed by atoms with Crippen LogP contribution in [0.4, 0.5) is 18.9 Å². The first kappa shape index (κ1) is 18.1. The number of hydrogen-bond donors (Lipinski definition) is 2. The molecule has 1 aromatic rings. The van der Waals surface area contributed by atoms with Gasteiger partial charge in [0.15, 0.2) is 0 Å². The Morgan fingerprint density at radius 3 is 2.83 bits per heavy atom. The van der Waals surface area contributed by atoms with Crippen molar-refractivity contribution in [3.05, 3.63) is 29.3 Å². The van der Waals surface area contributed by atoms with Gasteiger partial charge >= 0.3 is 6.18 Å². The van der Waals surface area contributed by atoms with Crippen molar-refractivity contribution in [3.63, 3.8) is 0 Å². The Morgan fingerprint density at radius 2 is 2.21 bits per heavy atom. The van der Waals surface area contributed by atoms with Crippen LogP contribution in [0.15, 0.2) is 18.2 Å². The molecule has 0 radical (unpaired) electrons. The third-order valence-corrected chi connectivity index (χ3v) is 4.02. The van der Waals surface area contributed by atoms with E-state index >= 15 is 0 Å². The van der Waals surface area contributed by atoms with Crippen LogP contribution in [0.3, 0.4) is 0 Å². The average Bonchev–Trinajstić information content (AvgIpc) is 2.58. The van der Waals surface area contributed by atoms with E-state index in [4.69, 9.17) is 5.73 Å². The smallest absolute Gasteiger partial charge is 0.370 e. The van der Waals surface area contributed by atoms with Crippen LogP contribution in [-0.4, -0.2) is 32.1 Å². The van der Waals surface area contributed by atoms with Crippen LogP contribution in [0.1, 0.15) is 24.0 Å². The van der Waals surface area contributed by atoms with Crippen molar-refractivity contribution in [2.24, 2.45) is 11.7 Å². The van der Waals surface area contributed by atoms with Crippen LogP contribution >= 0.6 is 0 Å². The van der Waals surface area contributed by atoms with Crippen molar-refractivity contribution in [3.8, 4) is 6.07 Å². The van der Waals surface area contributed by atoms with Gasteiger partial charge in [0.05, 0.1) is 22.7 Å². The molecule has 130 valence electrons.